The van der Waals surface area contributed by atoms with Crippen molar-refractivity contribution in [1.29, 1.82) is 0 Å². The number of carboxylic acids is 1. The van der Waals surface area contributed by atoms with Crippen LogP contribution in [0.2, 0.25) is 0 Å². The SMILES string of the molecule is CC(O)C(NC(=O)C(CCCN=C(N)N)NC(=O)C(CC(N)=O)NC(=O)C(N)Cc1c[nH]c2ccccc12)C(=O)O. The third-order valence-electron chi connectivity index (χ3n) is 6.11. The summed E-state index contributed by atoms with van der Waals surface area (Å²) in [6, 6.07) is 1.81. The van der Waals surface area contributed by atoms with Crippen LogP contribution in [0.5, 0.6) is 0 Å². The number of primary amides is 1. The van der Waals surface area contributed by atoms with Gasteiger partial charge in [0.1, 0.15) is 12.1 Å². The summed E-state index contributed by atoms with van der Waals surface area (Å²) in [6.45, 7) is 1.26. The van der Waals surface area contributed by atoms with Gasteiger partial charge in [-0.15, -0.1) is 0 Å². The summed E-state index contributed by atoms with van der Waals surface area (Å²) in [4.78, 5) is 69.0. The Morgan fingerprint density at radius 1 is 0.976 bits per heavy atom. The summed E-state index contributed by atoms with van der Waals surface area (Å²) in [5.41, 5.74) is 23.6. The van der Waals surface area contributed by atoms with Crippen LogP contribution >= 0.6 is 0 Å². The lowest BCUT2D eigenvalue weighted by Gasteiger charge is -2.25. The molecule has 0 aliphatic rings. The quantitative estimate of drug-likeness (QED) is 0.0545. The van der Waals surface area contributed by atoms with Crippen molar-refractivity contribution in [2.45, 2.75) is 62.9 Å². The number of amides is 4. The van der Waals surface area contributed by atoms with Crippen molar-refractivity contribution in [3.05, 3.63) is 36.0 Å². The predicted octanol–water partition coefficient (Wildman–Crippen LogP) is -3.11. The average Bonchev–Trinajstić information content (AvgIpc) is 3.30. The molecule has 1 aromatic heterocycles. The minimum absolute atomic E-state index is 0.0577. The number of aromatic amines is 1. The normalized spacial score (nSPS) is 14.6. The highest BCUT2D eigenvalue weighted by molar-refractivity contribution is 5.96. The number of para-hydroxylation sites is 1. The fraction of sp³-hybridized carbons (Fsp3) is 0.440. The Bertz CT molecular complexity index is 1270. The smallest absolute Gasteiger partial charge is 0.328 e. The van der Waals surface area contributed by atoms with E-state index in [1.165, 1.54) is 6.92 Å². The molecule has 5 unspecified atom stereocenters. The van der Waals surface area contributed by atoms with Crippen molar-refractivity contribution in [3.63, 3.8) is 0 Å². The molecule has 0 saturated carbocycles. The van der Waals surface area contributed by atoms with E-state index >= 15 is 0 Å². The average molecular weight is 576 g/mol. The number of aliphatic imine (C=N–C) groups is 1. The van der Waals surface area contributed by atoms with Gasteiger partial charge < -0.3 is 54.1 Å². The second kappa shape index (κ2) is 15.2. The number of nitrogens with one attached hydrogen (secondary N) is 4. The van der Waals surface area contributed by atoms with Crippen LogP contribution in [0.15, 0.2) is 35.5 Å². The molecule has 5 atom stereocenters. The maximum Gasteiger partial charge on any atom is 0.328 e. The van der Waals surface area contributed by atoms with E-state index in [2.05, 4.69) is 25.9 Å². The Kier molecular flexibility index (Phi) is 12.0. The number of aliphatic hydroxyl groups excluding tert-OH is 1. The van der Waals surface area contributed by atoms with Gasteiger partial charge >= 0.3 is 5.97 Å². The molecule has 0 saturated heterocycles. The Labute approximate surface area is 235 Å². The van der Waals surface area contributed by atoms with E-state index in [-0.39, 0.29) is 31.8 Å². The highest BCUT2D eigenvalue weighted by Crippen LogP contribution is 2.18. The van der Waals surface area contributed by atoms with Gasteiger partial charge in [-0.3, -0.25) is 24.2 Å². The zero-order chi connectivity index (χ0) is 30.7. The molecular formula is C25H37N9O7. The zero-order valence-electron chi connectivity index (χ0n) is 22.5. The third kappa shape index (κ3) is 10.1. The van der Waals surface area contributed by atoms with Crippen LogP contribution < -0.4 is 38.9 Å². The number of aromatic nitrogens is 1. The van der Waals surface area contributed by atoms with E-state index in [9.17, 15) is 34.2 Å². The monoisotopic (exact) mass is 575 g/mol. The summed E-state index contributed by atoms with van der Waals surface area (Å²) < 4.78 is 0. The Hall–Kier alpha value is -4.70. The number of H-pyrrole nitrogens is 1. The van der Waals surface area contributed by atoms with Crippen molar-refractivity contribution >= 4 is 46.5 Å². The first-order valence-corrected chi connectivity index (χ1v) is 12.8. The van der Waals surface area contributed by atoms with Crippen molar-refractivity contribution < 1.29 is 34.2 Å². The van der Waals surface area contributed by atoms with Crippen molar-refractivity contribution in [3.8, 4) is 0 Å². The molecule has 0 aliphatic carbocycles. The number of benzene rings is 1. The number of carbonyl (C=O) groups excluding carboxylic acids is 4. The lowest BCUT2D eigenvalue weighted by Crippen LogP contribution is -2.58. The molecule has 1 aromatic carbocycles. The number of aliphatic carboxylic acids is 1. The molecule has 0 aliphatic heterocycles. The van der Waals surface area contributed by atoms with E-state index < -0.39 is 66.3 Å². The molecular weight excluding hydrogens is 538 g/mol. The van der Waals surface area contributed by atoms with Gasteiger partial charge in [-0.1, -0.05) is 18.2 Å². The van der Waals surface area contributed by atoms with Gasteiger partial charge in [0.2, 0.25) is 23.6 Å². The van der Waals surface area contributed by atoms with E-state index in [4.69, 9.17) is 22.9 Å². The molecule has 0 radical (unpaired) electrons. The van der Waals surface area contributed by atoms with Crippen LogP contribution in [-0.4, -0.2) is 87.6 Å². The summed E-state index contributed by atoms with van der Waals surface area (Å²) in [5, 5.41) is 26.9. The van der Waals surface area contributed by atoms with E-state index in [0.717, 1.165) is 16.5 Å². The predicted molar refractivity (Wildman–Crippen MR) is 149 cm³/mol. The van der Waals surface area contributed by atoms with E-state index in [0.29, 0.717) is 0 Å². The molecule has 41 heavy (non-hydrogen) atoms. The molecule has 16 heteroatoms. The maximum atomic E-state index is 13.1. The number of hydrogen-bond donors (Lipinski definition) is 10. The molecule has 0 bridgehead atoms. The minimum Gasteiger partial charge on any atom is -0.480 e. The van der Waals surface area contributed by atoms with Gasteiger partial charge in [0.05, 0.1) is 18.6 Å². The van der Waals surface area contributed by atoms with Gasteiger partial charge in [-0.2, -0.15) is 0 Å². The minimum atomic E-state index is -1.66. The number of rotatable bonds is 16. The number of nitrogens with two attached hydrogens (primary N) is 4. The zero-order valence-corrected chi connectivity index (χ0v) is 22.5. The number of guanidine groups is 1. The Morgan fingerprint density at radius 2 is 1.61 bits per heavy atom. The summed E-state index contributed by atoms with van der Waals surface area (Å²) in [6.07, 6.45) is -0.0929. The van der Waals surface area contributed by atoms with Crippen molar-refractivity contribution in [1.82, 2.24) is 20.9 Å². The molecule has 14 N–H and O–H groups in total. The second-order valence-electron chi connectivity index (χ2n) is 9.48. The van der Waals surface area contributed by atoms with Crippen molar-refractivity contribution in [2.75, 3.05) is 6.54 Å². The fourth-order valence-electron chi connectivity index (χ4n) is 4.01. The molecule has 0 spiro atoms. The van der Waals surface area contributed by atoms with Gasteiger partial charge in [0.15, 0.2) is 12.0 Å². The fourth-order valence-corrected chi connectivity index (χ4v) is 4.01. The lowest BCUT2D eigenvalue weighted by molar-refractivity contribution is -0.145. The van der Waals surface area contributed by atoms with Crippen LogP contribution in [0, 0.1) is 0 Å². The largest absolute Gasteiger partial charge is 0.480 e. The van der Waals surface area contributed by atoms with Crippen LogP contribution in [0.25, 0.3) is 10.9 Å². The standard InChI is InChI=1S/C25H37N9O7/c1-12(35)20(24(40)41)34-22(38)17(7-4-8-30-25(28)29)32-23(39)18(10-19(27)36)33-21(37)15(26)9-13-11-31-16-6-3-2-5-14(13)16/h2-3,5-6,11-12,15,17-18,20,31,35H,4,7-10,26H2,1H3,(H2,27,36)(H,32,39)(H,33,37)(H,34,38)(H,40,41)(H4,28,29,30). The molecule has 224 valence electrons. The topological polar surface area (TPSA) is 294 Å². The first-order chi connectivity index (χ1) is 19.3. The Balaban J connectivity index is 2.16. The third-order valence-corrected chi connectivity index (χ3v) is 6.11. The van der Waals surface area contributed by atoms with Crippen molar-refractivity contribution in [2.24, 2.45) is 27.9 Å². The van der Waals surface area contributed by atoms with Gasteiger partial charge in [-0.25, -0.2) is 4.79 Å². The second-order valence-corrected chi connectivity index (χ2v) is 9.48. The van der Waals surface area contributed by atoms with Crippen LogP contribution in [-0.2, 0) is 30.4 Å². The van der Waals surface area contributed by atoms with E-state index in [1.54, 1.807) is 6.20 Å². The Morgan fingerprint density at radius 3 is 2.22 bits per heavy atom. The summed E-state index contributed by atoms with van der Waals surface area (Å²) in [7, 11) is 0. The number of aliphatic hydroxyl groups is 1. The first kappa shape index (κ1) is 32.5. The van der Waals surface area contributed by atoms with Gasteiger partial charge in [0.25, 0.3) is 0 Å². The highest BCUT2D eigenvalue weighted by atomic mass is 16.4. The molecule has 4 amide bonds. The highest BCUT2D eigenvalue weighted by Gasteiger charge is 2.32. The molecule has 16 nitrogen and oxygen atoms in total. The molecule has 2 aromatic rings. The molecule has 2 rings (SSSR count). The van der Waals surface area contributed by atoms with Crippen LogP contribution in [0.1, 0.15) is 31.7 Å². The number of hydrogen-bond acceptors (Lipinski definition) is 8. The number of carboxylic acid groups (broad SMARTS) is 1. The lowest BCUT2D eigenvalue weighted by atomic mass is 10.0. The number of fused-ring (bicyclic) bond motifs is 1. The first-order valence-electron chi connectivity index (χ1n) is 12.8. The molecule has 0 fully saturated rings. The number of carbonyl (C=O) groups is 5. The van der Waals surface area contributed by atoms with Gasteiger partial charge in [0, 0.05) is 23.6 Å². The van der Waals surface area contributed by atoms with Crippen LogP contribution in [0.3, 0.4) is 0 Å². The maximum absolute atomic E-state index is 13.1. The van der Waals surface area contributed by atoms with Crippen LogP contribution in [0.4, 0.5) is 0 Å². The van der Waals surface area contributed by atoms with E-state index in [1.807, 2.05) is 24.3 Å². The number of nitrogens with zero attached hydrogens (tertiary/aromatic N) is 1. The summed E-state index contributed by atoms with van der Waals surface area (Å²) in [5.74, 6) is -5.22. The summed E-state index contributed by atoms with van der Waals surface area (Å²) >= 11 is 0. The molecule has 1 heterocycles. The van der Waals surface area contributed by atoms with Gasteiger partial charge in [-0.05, 0) is 37.8 Å².